The van der Waals surface area contributed by atoms with Crippen LogP contribution in [0.2, 0.25) is 0 Å². The van der Waals surface area contributed by atoms with Gasteiger partial charge in [0.05, 0.1) is 24.7 Å². The fourth-order valence-electron chi connectivity index (χ4n) is 2.61. The molecule has 2 aromatic rings. The maximum Gasteiger partial charge on any atom is 0.241 e. The van der Waals surface area contributed by atoms with E-state index in [-0.39, 0.29) is 18.0 Å². The van der Waals surface area contributed by atoms with Crippen molar-refractivity contribution < 1.29 is 17.9 Å². The molecule has 1 aliphatic rings. The van der Waals surface area contributed by atoms with Crippen molar-refractivity contribution in [1.29, 1.82) is 0 Å². The topological polar surface area (TPSA) is 101 Å². The summed E-state index contributed by atoms with van der Waals surface area (Å²) in [6.07, 6.45) is 1.71. The Morgan fingerprint density at radius 1 is 1.11 bits per heavy atom. The molecule has 1 aliphatic heterocycles. The highest BCUT2D eigenvalue weighted by Gasteiger charge is 2.15. The number of pyridine rings is 1. The normalized spacial score (nSPS) is 14.7. The Balaban J connectivity index is 1.46. The molecule has 2 heterocycles. The third-order valence-corrected chi connectivity index (χ3v) is 5.53. The van der Waals surface area contributed by atoms with Crippen molar-refractivity contribution in [3.63, 3.8) is 0 Å². The number of amides is 1. The number of morpholine rings is 1. The van der Waals surface area contributed by atoms with Crippen LogP contribution in [0.1, 0.15) is 5.56 Å². The van der Waals surface area contributed by atoms with E-state index in [1.165, 1.54) is 12.1 Å². The lowest BCUT2D eigenvalue weighted by Crippen LogP contribution is -2.37. The molecular formula is C18H22N4O4S. The molecule has 2 N–H and O–H groups in total. The maximum absolute atomic E-state index is 12.1. The maximum atomic E-state index is 12.1. The Morgan fingerprint density at radius 3 is 2.52 bits per heavy atom. The molecule has 0 radical (unpaired) electrons. The number of nitrogens with zero attached hydrogens (tertiary/aromatic N) is 2. The van der Waals surface area contributed by atoms with Crippen molar-refractivity contribution in [1.82, 2.24) is 15.0 Å². The largest absolute Gasteiger partial charge is 0.378 e. The first-order chi connectivity index (χ1) is 13.0. The van der Waals surface area contributed by atoms with Gasteiger partial charge in [-0.15, -0.1) is 0 Å². The second kappa shape index (κ2) is 8.94. The van der Waals surface area contributed by atoms with Gasteiger partial charge >= 0.3 is 0 Å². The lowest BCUT2D eigenvalue weighted by atomic mass is 10.2. The van der Waals surface area contributed by atoms with Gasteiger partial charge in [0.1, 0.15) is 5.82 Å². The number of carbonyl (C=O) groups excluding carboxylic acids is 1. The smallest absolute Gasteiger partial charge is 0.241 e. The summed E-state index contributed by atoms with van der Waals surface area (Å²) in [7, 11) is -3.70. The average molecular weight is 390 g/mol. The second-order valence-corrected chi connectivity index (χ2v) is 7.81. The summed E-state index contributed by atoms with van der Waals surface area (Å²) in [4.78, 5) is 18.6. The molecular weight excluding hydrogens is 368 g/mol. The molecule has 1 saturated heterocycles. The number of hydrogen-bond acceptors (Lipinski definition) is 6. The highest BCUT2D eigenvalue weighted by atomic mass is 32.2. The van der Waals surface area contributed by atoms with Gasteiger partial charge in [-0.2, -0.15) is 0 Å². The Labute approximate surface area is 158 Å². The average Bonchev–Trinajstić information content (AvgIpc) is 2.72. The van der Waals surface area contributed by atoms with Gasteiger partial charge in [0.2, 0.25) is 15.9 Å². The van der Waals surface area contributed by atoms with Crippen LogP contribution in [0.4, 0.5) is 5.82 Å². The summed E-state index contributed by atoms with van der Waals surface area (Å²) in [5, 5.41) is 2.68. The molecule has 0 unspecified atom stereocenters. The van der Waals surface area contributed by atoms with Gasteiger partial charge in [-0.05, 0) is 23.8 Å². The zero-order valence-electron chi connectivity index (χ0n) is 14.8. The van der Waals surface area contributed by atoms with Gasteiger partial charge in [-0.1, -0.05) is 24.3 Å². The van der Waals surface area contributed by atoms with E-state index in [1.807, 2.05) is 12.1 Å². The quantitative estimate of drug-likeness (QED) is 0.715. The first kappa shape index (κ1) is 19.3. The zero-order valence-corrected chi connectivity index (χ0v) is 15.6. The minimum absolute atomic E-state index is 0.126. The Bertz CT molecular complexity index is 851. The van der Waals surface area contributed by atoms with Gasteiger partial charge in [0.15, 0.2) is 0 Å². The first-order valence-electron chi connectivity index (χ1n) is 8.64. The van der Waals surface area contributed by atoms with Crippen LogP contribution < -0.4 is 14.9 Å². The van der Waals surface area contributed by atoms with Crippen molar-refractivity contribution in [3.05, 3.63) is 54.2 Å². The predicted octanol–water partition coefficient (Wildman–Crippen LogP) is 0.513. The molecule has 0 spiro atoms. The van der Waals surface area contributed by atoms with Crippen molar-refractivity contribution in [3.8, 4) is 0 Å². The summed E-state index contributed by atoms with van der Waals surface area (Å²) in [6.45, 7) is 2.96. The fraction of sp³-hybridized carbons (Fsp3) is 0.333. The van der Waals surface area contributed by atoms with Crippen molar-refractivity contribution in [2.45, 2.75) is 11.4 Å². The van der Waals surface area contributed by atoms with E-state index < -0.39 is 15.9 Å². The van der Waals surface area contributed by atoms with Crippen molar-refractivity contribution >= 4 is 21.7 Å². The van der Waals surface area contributed by atoms with Crippen LogP contribution in [0.15, 0.2) is 53.6 Å². The number of aromatic nitrogens is 1. The van der Waals surface area contributed by atoms with Crippen LogP contribution in [0.3, 0.4) is 0 Å². The first-order valence-corrected chi connectivity index (χ1v) is 10.1. The third kappa shape index (κ3) is 5.49. The lowest BCUT2D eigenvalue weighted by molar-refractivity contribution is -0.120. The summed E-state index contributed by atoms with van der Waals surface area (Å²) in [5.74, 6) is 0.468. The molecule has 0 aliphatic carbocycles. The second-order valence-electron chi connectivity index (χ2n) is 6.04. The SMILES string of the molecule is O=C(CNS(=O)(=O)c1ccccc1)NCc1ccc(N2CCOCC2)nc1. The van der Waals surface area contributed by atoms with Gasteiger partial charge < -0.3 is 15.0 Å². The molecule has 1 aromatic heterocycles. The fourth-order valence-corrected chi connectivity index (χ4v) is 3.61. The molecule has 27 heavy (non-hydrogen) atoms. The number of benzene rings is 1. The summed E-state index contributed by atoms with van der Waals surface area (Å²) in [6, 6.07) is 11.7. The minimum Gasteiger partial charge on any atom is -0.378 e. The van der Waals surface area contributed by atoms with E-state index in [0.29, 0.717) is 13.2 Å². The molecule has 0 saturated carbocycles. The lowest BCUT2D eigenvalue weighted by Gasteiger charge is -2.27. The molecule has 1 amide bonds. The molecule has 144 valence electrons. The number of hydrogen-bond donors (Lipinski definition) is 2. The molecule has 9 heteroatoms. The summed E-state index contributed by atoms with van der Waals surface area (Å²) >= 11 is 0. The predicted molar refractivity (Wildman–Crippen MR) is 101 cm³/mol. The van der Waals surface area contributed by atoms with E-state index in [9.17, 15) is 13.2 Å². The number of nitrogens with one attached hydrogen (secondary N) is 2. The standard InChI is InChI=1S/C18H22N4O4S/c23-18(14-21-27(24,25)16-4-2-1-3-5-16)20-13-15-6-7-17(19-12-15)22-8-10-26-11-9-22/h1-7,12,21H,8-11,13-14H2,(H,20,23). The Morgan fingerprint density at radius 2 is 1.85 bits per heavy atom. The van der Waals surface area contributed by atoms with Crippen molar-refractivity contribution in [2.24, 2.45) is 0 Å². The van der Waals surface area contributed by atoms with Gasteiger partial charge in [-0.25, -0.2) is 18.1 Å². The molecule has 0 atom stereocenters. The number of rotatable bonds is 7. The van der Waals surface area contributed by atoms with Crippen molar-refractivity contribution in [2.75, 3.05) is 37.7 Å². The van der Waals surface area contributed by atoms with E-state index in [1.54, 1.807) is 24.4 Å². The van der Waals surface area contributed by atoms with Crippen LogP contribution in [-0.4, -0.2) is 52.2 Å². The van der Waals surface area contributed by atoms with Crippen LogP contribution in [0.5, 0.6) is 0 Å². The van der Waals surface area contributed by atoms with Gasteiger partial charge in [0, 0.05) is 25.8 Å². The van der Waals surface area contributed by atoms with E-state index in [0.717, 1.165) is 24.5 Å². The minimum atomic E-state index is -3.70. The highest BCUT2D eigenvalue weighted by Crippen LogP contribution is 2.13. The number of ether oxygens (including phenoxy) is 1. The molecule has 1 aromatic carbocycles. The van der Waals surface area contributed by atoms with Crippen LogP contribution in [0.25, 0.3) is 0 Å². The number of carbonyl (C=O) groups is 1. The Kier molecular flexibility index (Phi) is 6.38. The number of anilines is 1. The van der Waals surface area contributed by atoms with Gasteiger partial charge in [-0.3, -0.25) is 4.79 Å². The molecule has 8 nitrogen and oxygen atoms in total. The van der Waals surface area contributed by atoms with Gasteiger partial charge in [0.25, 0.3) is 0 Å². The van der Waals surface area contributed by atoms with E-state index in [4.69, 9.17) is 4.74 Å². The summed E-state index contributed by atoms with van der Waals surface area (Å²) in [5.41, 5.74) is 0.839. The Hall–Kier alpha value is -2.49. The summed E-state index contributed by atoms with van der Waals surface area (Å²) < 4.78 is 31.8. The zero-order chi connectivity index (χ0) is 19.1. The monoisotopic (exact) mass is 390 g/mol. The van der Waals surface area contributed by atoms with Crippen LogP contribution >= 0.6 is 0 Å². The van der Waals surface area contributed by atoms with Crippen LogP contribution in [0, 0.1) is 0 Å². The molecule has 1 fully saturated rings. The van der Waals surface area contributed by atoms with E-state index in [2.05, 4.69) is 19.9 Å². The molecule has 0 bridgehead atoms. The molecule has 3 rings (SSSR count). The van der Waals surface area contributed by atoms with E-state index >= 15 is 0 Å². The van der Waals surface area contributed by atoms with Crippen LogP contribution in [-0.2, 0) is 26.1 Å². The third-order valence-electron chi connectivity index (χ3n) is 4.11. The highest BCUT2D eigenvalue weighted by molar-refractivity contribution is 7.89. The number of sulfonamides is 1.